The topological polar surface area (TPSA) is 90.3 Å². The summed E-state index contributed by atoms with van der Waals surface area (Å²) in [5, 5.41) is 10.5. The van der Waals surface area contributed by atoms with Crippen LogP contribution in [0.15, 0.2) is 42.5 Å². The highest BCUT2D eigenvalue weighted by molar-refractivity contribution is 6.14. The second kappa shape index (κ2) is 6.68. The number of nitrogen functional groups attached to an aromatic ring is 1. The maximum absolute atomic E-state index is 12.6. The molecular formula is C19H22N6O. The molecule has 0 aliphatic carbocycles. The second-order valence-electron chi connectivity index (χ2n) is 6.63. The molecule has 2 aromatic carbocycles. The van der Waals surface area contributed by atoms with Gasteiger partial charge in [-0.2, -0.15) is 5.10 Å². The number of likely N-dealkylation sites (N-methyl/N-ethyl adjacent to an activating group) is 1. The van der Waals surface area contributed by atoms with E-state index in [0.717, 1.165) is 37.4 Å². The fourth-order valence-electron chi connectivity index (χ4n) is 3.27. The number of nitrogens with one attached hydrogen (secondary N) is 2. The van der Waals surface area contributed by atoms with Gasteiger partial charge in [0.15, 0.2) is 5.69 Å². The van der Waals surface area contributed by atoms with Gasteiger partial charge >= 0.3 is 0 Å². The fourth-order valence-corrected chi connectivity index (χ4v) is 3.27. The molecule has 1 aliphatic heterocycles. The average molecular weight is 350 g/mol. The van der Waals surface area contributed by atoms with Crippen LogP contribution in [0.3, 0.4) is 0 Å². The molecule has 4 rings (SSSR count). The first-order valence-electron chi connectivity index (χ1n) is 8.69. The molecule has 7 heteroatoms. The van der Waals surface area contributed by atoms with E-state index in [1.54, 1.807) is 6.07 Å². The van der Waals surface area contributed by atoms with Crippen molar-refractivity contribution in [3.05, 3.63) is 48.2 Å². The van der Waals surface area contributed by atoms with Crippen molar-refractivity contribution in [3.8, 4) is 0 Å². The zero-order valence-corrected chi connectivity index (χ0v) is 14.7. The Labute approximate surface area is 151 Å². The molecule has 0 spiro atoms. The number of benzene rings is 2. The first-order valence-corrected chi connectivity index (χ1v) is 8.69. The number of rotatable bonds is 3. The van der Waals surface area contributed by atoms with Crippen molar-refractivity contribution in [2.75, 3.05) is 49.2 Å². The van der Waals surface area contributed by atoms with Crippen LogP contribution in [0.5, 0.6) is 0 Å². The summed E-state index contributed by atoms with van der Waals surface area (Å²) in [6.45, 7) is 4.15. The van der Waals surface area contributed by atoms with Crippen molar-refractivity contribution in [3.63, 3.8) is 0 Å². The molecule has 1 amide bonds. The highest BCUT2D eigenvalue weighted by atomic mass is 16.1. The van der Waals surface area contributed by atoms with Crippen LogP contribution in [0.25, 0.3) is 10.9 Å². The van der Waals surface area contributed by atoms with Gasteiger partial charge in [0.05, 0.1) is 10.9 Å². The molecule has 0 radical (unpaired) electrons. The Kier molecular flexibility index (Phi) is 4.22. The smallest absolute Gasteiger partial charge is 0.276 e. The van der Waals surface area contributed by atoms with E-state index < -0.39 is 0 Å². The summed E-state index contributed by atoms with van der Waals surface area (Å²) in [4.78, 5) is 17.3. The third-order valence-electron chi connectivity index (χ3n) is 4.83. The molecule has 134 valence electrons. The van der Waals surface area contributed by atoms with Crippen LogP contribution < -0.4 is 16.0 Å². The lowest BCUT2D eigenvalue weighted by atomic mass is 10.1. The van der Waals surface area contributed by atoms with E-state index in [0.29, 0.717) is 16.8 Å². The second-order valence-corrected chi connectivity index (χ2v) is 6.63. The summed E-state index contributed by atoms with van der Waals surface area (Å²) >= 11 is 0. The average Bonchev–Trinajstić information content (AvgIpc) is 3.09. The number of H-pyrrole nitrogens is 1. The number of carbonyl (C=O) groups excluding carboxylic acids is 1. The minimum atomic E-state index is -0.276. The molecule has 0 saturated carbocycles. The minimum Gasteiger partial charge on any atom is -0.398 e. The van der Waals surface area contributed by atoms with E-state index in [1.807, 2.05) is 36.4 Å². The monoisotopic (exact) mass is 350 g/mol. The summed E-state index contributed by atoms with van der Waals surface area (Å²) in [7, 11) is 2.14. The molecule has 0 unspecified atom stereocenters. The van der Waals surface area contributed by atoms with Gasteiger partial charge in [-0.1, -0.05) is 6.07 Å². The molecular weight excluding hydrogens is 328 g/mol. The van der Waals surface area contributed by atoms with Crippen molar-refractivity contribution in [2.45, 2.75) is 0 Å². The van der Waals surface area contributed by atoms with Gasteiger partial charge in [-0.05, 0) is 43.4 Å². The molecule has 2 heterocycles. The SMILES string of the molecule is CN1CCN(c2ccc(NC(=O)c3n[nH]c4cccc(N)c34)cc2)CC1. The summed E-state index contributed by atoms with van der Waals surface area (Å²) in [5.74, 6) is -0.276. The molecule has 1 saturated heterocycles. The number of hydrogen-bond donors (Lipinski definition) is 3. The zero-order valence-electron chi connectivity index (χ0n) is 14.7. The number of aromatic nitrogens is 2. The van der Waals surface area contributed by atoms with E-state index in [-0.39, 0.29) is 5.91 Å². The Morgan fingerprint density at radius 2 is 1.85 bits per heavy atom. The van der Waals surface area contributed by atoms with Gasteiger partial charge in [-0.25, -0.2) is 0 Å². The molecule has 3 aromatic rings. The summed E-state index contributed by atoms with van der Waals surface area (Å²) in [6.07, 6.45) is 0. The van der Waals surface area contributed by atoms with E-state index >= 15 is 0 Å². The summed E-state index contributed by atoms with van der Waals surface area (Å²) in [6, 6.07) is 13.4. The largest absolute Gasteiger partial charge is 0.398 e. The van der Waals surface area contributed by atoms with E-state index in [4.69, 9.17) is 5.73 Å². The Bertz CT molecular complexity index is 925. The van der Waals surface area contributed by atoms with Crippen molar-refractivity contribution >= 4 is 33.9 Å². The normalized spacial score (nSPS) is 15.3. The minimum absolute atomic E-state index is 0.276. The van der Waals surface area contributed by atoms with Crippen LogP contribution in [-0.2, 0) is 0 Å². The zero-order chi connectivity index (χ0) is 18.1. The van der Waals surface area contributed by atoms with Crippen molar-refractivity contribution in [1.29, 1.82) is 0 Å². The number of carbonyl (C=O) groups is 1. The molecule has 4 N–H and O–H groups in total. The Balaban J connectivity index is 1.49. The predicted molar refractivity (Wildman–Crippen MR) is 105 cm³/mol. The molecule has 0 bridgehead atoms. The molecule has 1 fully saturated rings. The third-order valence-corrected chi connectivity index (χ3v) is 4.83. The lowest BCUT2D eigenvalue weighted by Crippen LogP contribution is -2.44. The Morgan fingerprint density at radius 1 is 1.12 bits per heavy atom. The third kappa shape index (κ3) is 3.09. The van der Waals surface area contributed by atoms with Crippen LogP contribution in [0.2, 0.25) is 0 Å². The molecule has 7 nitrogen and oxygen atoms in total. The fraction of sp³-hybridized carbons (Fsp3) is 0.263. The van der Waals surface area contributed by atoms with Gasteiger partial charge in [0.2, 0.25) is 0 Å². The summed E-state index contributed by atoms with van der Waals surface area (Å²) in [5.41, 5.74) is 9.49. The van der Waals surface area contributed by atoms with E-state index in [9.17, 15) is 4.79 Å². The number of nitrogens with zero attached hydrogens (tertiary/aromatic N) is 3. The Morgan fingerprint density at radius 3 is 2.58 bits per heavy atom. The van der Waals surface area contributed by atoms with Crippen LogP contribution in [0, 0.1) is 0 Å². The van der Waals surface area contributed by atoms with Crippen LogP contribution in [0.1, 0.15) is 10.5 Å². The van der Waals surface area contributed by atoms with Crippen LogP contribution in [-0.4, -0.2) is 54.2 Å². The lowest BCUT2D eigenvalue weighted by Gasteiger charge is -2.34. The van der Waals surface area contributed by atoms with Gasteiger partial charge < -0.3 is 20.9 Å². The molecule has 0 atom stereocenters. The number of piperazine rings is 1. The lowest BCUT2D eigenvalue weighted by molar-refractivity contribution is 0.102. The van der Waals surface area contributed by atoms with Crippen LogP contribution in [0.4, 0.5) is 17.1 Å². The molecule has 26 heavy (non-hydrogen) atoms. The molecule has 1 aromatic heterocycles. The maximum Gasteiger partial charge on any atom is 0.276 e. The van der Waals surface area contributed by atoms with Gasteiger partial charge in [0.1, 0.15) is 0 Å². The van der Waals surface area contributed by atoms with Crippen LogP contribution >= 0.6 is 0 Å². The maximum atomic E-state index is 12.6. The van der Waals surface area contributed by atoms with Gasteiger partial charge in [-0.3, -0.25) is 9.89 Å². The number of aromatic amines is 1. The van der Waals surface area contributed by atoms with Gasteiger partial charge in [0, 0.05) is 43.2 Å². The van der Waals surface area contributed by atoms with Crippen molar-refractivity contribution in [1.82, 2.24) is 15.1 Å². The summed E-state index contributed by atoms with van der Waals surface area (Å²) < 4.78 is 0. The predicted octanol–water partition coefficient (Wildman–Crippen LogP) is 2.15. The van der Waals surface area contributed by atoms with Gasteiger partial charge in [0.25, 0.3) is 5.91 Å². The van der Waals surface area contributed by atoms with Gasteiger partial charge in [-0.15, -0.1) is 0 Å². The Hall–Kier alpha value is -3.06. The quantitative estimate of drug-likeness (QED) is 0.630. The van der Waals surface area contributed by atoms with E-state index in [2.05, 4.69) is 32.4 Å². The standard InChI is InChI=1S/C19H22N6O/c1-24-9-11-25(12-10-24)14-7-5-13(6-8-14)21-19(26)18-17-15(20)3-2-4-16(17)22-23-18/h2-8H,9-12,20H2,1H3,(H,21,26)(H,22,23). The molecule has 1 aliphatic rings. The van der Waals surface area contributed by atoms with Crippen molar-refractivity contribution in [2.24, 2.45) is 0 Å². The highest BCUT2D eigenvalue weighted by Crippen LogP contribution is 2.24. The number of hydrogen-bond acceptors (Lipinski definition) is 5. The number of fused-ring (bicyclic) bond motifs is 1. The van der Waals surface area contributed by atoms with Crippen molar-refractivity contribution < 1.29 is 4.79 Å². The number of amides is 1. The highest BCUT2D eigenvalue weighted by Gasteiger charge is 2.17. The first-order chi connectivity index (χ1) is 12.6. The number of anilines is 3. The first kappa shape index (κ1) is 16.4. The number of nitrogens with two attached hydrogens (primary N) is 1. The van der Waals surface area contributed by atoms with E-state index in [1.165, 1.54) is 5.69 Å².